The Balaban J connectivity index is 4.37. The summed E-state index contributed by atoms with van der Waals surface area (Å²) < 4.78 is 23.6. The molecule has 0 aromatic heterocycles. The Labute approximate surface area is 310 Å². The zero-order valence-corrected chi connectivity index (χ0v) is 34.8. The third-order valence-corrected chi connectivity index (χ3v) is 10.8. The number of likely N-dealkylation sites (N-methyl/N-ethyl adjacent to an activating group) is 1. The molecule has 3 atom stereocenters. The quantitative estimate of drug-likeness (QED) is 0.0330. The molecular weight excluding hydrogens is 647 g/mol. The smallest absolute Gasteiger partial charge is 0.391 e. The van der Waals surface area contributed by atoms with Crippen molar-refractivity contribution in [3.8, 4) is 0 Å². The minimum absolute atomic E-state index is 0.0784. The van der Waals surface area contributed by atoms with E-state index in [2.05, 4.69) is 19.2 Å². The fourth-order valence-corrected chi connectivity index (χ4v) is 7.13. The summed E-state index contributed by atoms with van der Waals surface area (Å²) in [4.78, 5) is 23.1. The van der Waals surface area contributed by atoms with Crippen LogP contribution in [0.25, 0.3) is 0 Å². The highest BCUT2D eigenvalue weighted by Gasteiger charge is 2.28. The SMILES string of the molecule is CCCCCCCCCCCCCCCCCC(O)C(COP(=O)(O)OCC[N+](C)(C)C)NC(=O)CCCCCCCCCCCCCCC. The van der Waals surface area contributed by atoms with Gasteiger partial charge in [-0.1, -0.05) is 187 Å². The lowest BCUT2D eigenvalue weighted by Gasteiger charge is -2.26. The van der Waals surface area contributed by atoms with Gasteiger partial charge in [0.05, 0.1) is 39.9 Å². The molecule has 8 nitrogen and oxygen atoms in total. The van der Waals surface area contributed by atoms with E-state index >= 15 is 0 Å². The minimum atomic E-state index is -4.30. The summed E-state index contributed by atoms with van der Waals surface area (Å²) in [6, 6.07) is -0.751. The largest absolute Gasteiger partial charge is 0.472 e. The van der Waals surface area contributed by atoms with Crippen LogP contribution in [0.15, 0.2) is 0 Å². The number of nitrogens with zero attached hydrogens (tertiary/aromatic N) is 1. The van der Waals surface area contributed by atoms with Crippen molar-refractivity contribution in [3.63, 3.8) is 0 Å². The number of aliphatic hydroxyl groups excluding tert-OH is 1. The van der Waals surface area contributed by atoms with Crippen molar-refractivity contribution >= 4 is 13.7 Å². The molecule has 1 amide bonds. The van der Waals surface area contributed by atoms with Gasteiger partial charge in [-0.05, 0) is 12.8 Å². The number of hydrogen-bond donors (Lipinski definition) is 3. The summed E-state index contributed by atoms with van der Waals surface area (Å²) in [6.07, 6.45) is 35.4. The molecule has 0 heterocycles. The number of amides is 1. The summed E-state index contributed by atoms with van der Waals surface area (Å²) in [7, 11) is 1.63. The molecule has 0 aliphatic heterocycles. The van der Waals surface area contributed by atoms with Crippen LogP contribution in [0.1, 0.15) is 206 Å². The molecule has 0 fully saturated rings. The van der Waals surface area contributed by atoms with Crippen molar-refractivity contribution < 1.29 is 32.9 Å². The van der Waals surface area contributed by atoms with Gasteiger partial charge in [-0.15, -0.1) is 0 Å². The molecule has 0 saturated heterocycles. The lowest BCUT2D eigenvalue weighted by molar-refractivity contribution is -0.870. The van der Waals surface area contributed by atoms with Crippen molar-refractivity contribution in [2.75, 3.05) is 40.9 Å². The second-order valence-electron chi connectivity index (χ2n) is 16.1. The lowest BCUT2D eigenvalue weighted by atomic mass is 10.0. The summed E-state index contributed by atoms with van der Waals surface area (Å²) in [5, 5.41) is 13.9. The van der Waals surface area contributed by atoms with Crippen LogP contribution in [-0.4, -0.2) is 73.4 Å². The number of quaternary nitrogens is 1. The molecule has 3 N–H and O–H groups in total. The molecule has 0 aliphatic rings. The van der Waals surface area contributed by atoms with E-state index in [0.29, 0.717) is 23.9 Å². The van der Waals surface area contributed by atoms with E-state index in [1.165, 1.54) is 141 Å². The molecule has 0 radical (unpaired) electrons. The molecule has 0 saturated carbocycles. The van der Waals surface area contributed by atoms with Gasteiger partial charge in [0.25, 0.3) is 0 Å². The summed E-state index contributed by atoms with van der Waals surface area (Å²) in [5.41, 5.74) is 0. The van der Waals surface area contributed by atoms with Crippen molar-refractivity contribution in [2.45, 2.75) is 219 Å². The van der Waals surface area contributed by atoms with Crippen molar-refractivity contribution in [1.29, 1.82) is 0 Å². The van der Waals surface area contributed by atoms with Gasteiger partial charge in [-0.2, -0.15) is 0 Å². The van der Waals surface area contributed by atoms with E-state index in [4.69, 9.17) is 9.05 Å². The number of phosphoric ester groups is 1. The molecule has 9 heteroatoms. The monoisotopic (exact) mass is 734 g/mol. The van der Waals surface area contributed by atoms with Gasteiger partial charge < -0.3 is 19.8 Å². The van der Waals surface area contributed by atoms with Crippen LogP contribution in [0, 0.1) is 0 Å². The van der Waals surface area contributed by atoms with Crippen LogP contribution < -0.4 is 5.32 Å². The Hall–Kier alpha value is -0.500. The maximum atomic E-state index is 12.8. The van der Waals surface area contributed by atoms with E-state index in [1.54, 1.807) is 0 Å². The Kier molecular flexibility index (Phi) is 33.9. The van der Waals surface area contributed by atoms with Gasteiger partial charge in [0.2, 0.25) is 5.91 Å². The Morgan fingerprint density at radius 3 is 1.34 bits per heavy atom. The third-order valence-electron chi connectivity index (χ3n) is 9.86. The highest BCUT2D eigenvalue weighted by Crippen LogP contribution is 2.43. The molecular formula is C41H86N2O6P+. The maximum Gasteiger partial charge on any atom is 0.472 e. The topological polar surface area (TPSA) is 105 Å². The molecule has 0 spiro atoms. The highest BCUT2D eigenvalue weighted by atomic mass is 31.2. The highest BCUT2D eigenvalue weighted by molar-refractivity contribution is 7.47. The Morgan fingerprint density at radius 2 is 0.960 bits per heavy atom. The van der Waals surface area contributed by atoms with E-state index in [-0.39, 0.29) is 19.1 Å². The third kappa shape index (κ3) is 35.9. The molecule has 0 rings (SSSR count). The van der Waals surface area contributed by atoms with E-state index in [1.807, 2.05) is 21.1 Å². The molecule has 0 aliphatic carbocycles. The number of unbranched alkanes of at least 4 members (excludes halogenated alkanes) is 26. The van der Waals surface area contributed by atoms with Gasteiger partial charge in [0.1, 0.15) is 13.2 Å². The fourth-order valence-electron chi connectivity index (χ4n) is 6.40. The normalized spacial score (nSPS) is 14.5. The first kappa shape index (κ1) is 49.5. The van der Waals surface area contributed by atoms with Crippen molar-refractivity contribution in [1.82, 2.24) is 5.32 Å². The number of aliphatic hydroxyl groups is 1. The summed E-state index contributed by atoms with van der Waals surface area (Å²) >= 11 is 0. The van der Waals surface area contributed by atoms with Crippen LogP contribution in [0.4, 0.5) is 0 Å². The average molecular weight is 734 g/mol. The first-order valence-electron chi connectivity index (χ1n) is 21.4. The number of carbonyl (C=O) groups excluding carboxylic acids is 1. The van der Waals surface area contributed by atoms with Gasteiger partial charge in [0, 0.05) is 6.42 Å². The van der Waals surface area contributed by atoms with Crippen molar-refractivity contribution in [3.05, 3.63) is 0 Å². The predicted molar refractivity (Wildman–Crippen MR) is 212 cm³/mol. The fraction of sp³-hybridized carbons (Fsp3) is 0.976. The van der Waals surface area contributed by atoms with Crippen LogP contribution in [-0.2, 0) is 18.4 Å². The Morgan fingerprint density at radius 1 is 0.600 bits per heavy atom. The summed E-state index contributed by atoms with van der Waals surface area (Å²) in [6.45, 7) is 4.89. The van der Waals surface area contributed by atoms with E-state index in [0.717, 1.165) is 38.5 Å². The number of hydrogen-bond acceptors (Lipinski definition) is 5. The average Bonchev–Trinajstić information content (AvgIpc) is 3.06. The predicted octanol–water partition coefficient (Wildman–Crippen LogP) is 11.4. The van der Waals surface area contributed by atoms with Crippen LogP contribution >= 0.6 is 7.82 Å². The minimum Gasteiger partial charge on any atom is -0.391 e. The number of phosphoric acid groups is 1. The number of rotatable bonds is 39. The maximum absolute atomic E-state index is 12.8. The van der Waals surface area contributed by atoms with Crippen LogP contribution in [0.3, 0.4) is 0 Å². The van der Waals surface area contributed by atoms with Gasteiger partial charge in [0.15, 0.2) is 0 Å². The standard InChI is InChI=1S/C41H85N2O6P/c1-6-8-10-12-14-16-18-20-21-23-24-26-28-30-32-34-40(44)39(38-49-50(46,47)48-37-36-43(3,4)5)42-41(45)35-33-31-29-27-25-22-19-17-15-13-11-9-7-2/h39-40,44H,6-38H2,1-5H3,(H-,42,45,46,47)/p+1. The van der Waals surface area contributed by atoms with Crippen LogP contribution in [0.5, 0.6) is 0 Å². The Bertz CT molecular complexity index is 794. The van der Waals surface area contributed by atoms with Crippen LogP contribution in [0.2, 0.25) is 0 Å². The zero-order valence-electron chi connectivity index (χ0n) is 33.9. The van der Waals surface area contributed by atoms with E-state index < -0.39 is 20.0 Å². The zero-order chi connectivity index (χ0) is 37.2. The first-order valence-corrected chi connectivity index (χ1v) is 22.9. The molecule has 300 valence electrons. The van der Waals surface area contributed by atoms with Gasteiger partial charge in [-0.3, -0.25) is 13.8 Å². The number of carbonyl (C=O) groups is 1. The molecule has 0 aromatic rings. The summed E-state index contributed by atoms with van der Waals surface area (Å²) in [5.74, 6) is -0.143. The van der Waals surface area contributed by atoms with Crippen molar-refractivity contribution in [2.24, 2.45) is 0 Å². The molecule has 0 aromatic carbocycles. The lowest BCUT2D eigenvalue weighted by Crippen LogP contribution is -2.46. The first-order chi connectivity index (χ1) is 24.0. The van der Waals surface area contributed by atoms with Gasteiger partial charge in [-0.25, -0.2) is 4.57 Å². The second kappa shape index (κ2) is 34.3. The molecule has 0 bridgehead atoms. The van der Waals surface area contributed by atoms with Gasteiger partial charge >= 0.3 is 7.82 Å². The van der Waals surface area contributed by atoms with E-state index in [9.17, 15) is 19.4 Å². The second-order valence-corrected chi connectivity index (χ2v) is 17.5. The molecule has 3 unspecified atom stereocenters. The number of nitrogens with one attached hydrogen (secondary N) is 1. The molecule has 50 heavy (non-hydrogen) atoms.